The highest BCUT2D eigenvalue weighted by Crippen LogP contribution is 2.25. The van der Waals surface area contributed by atoms with Gasteiger partial charge in [-0.3, -0.25) is 4.79 Å². The van der Waals surface area contributed by atoms with Crippen LogP contribution < -0.4 is 5.56 Å². The smallest absolute Gasteiger partial charge is 0.300 e. The summed E-state index contributed by atoms with van der Waals surface area (Å²) in [7, 11) is 0. The van der Waals surface area contributed by atoms with Gasteiger partial charge in [0.05, 0.1) is 22.3 Å². The Labute approximate surface area is 186 Å². The summed E-state index contributed by atoms with van der Waals surface area (Å²) in [5, 5.41) is 6.27. The lowest BCUT2D eigenvalue weighted by Crippen LogP contribution is -2.18. The maximum atomic E-state index is 12.8. The Kier molecular flexibility index (Phi) is 4.43. The van der Waals surface area contributed by atoms with Gasteiger partial charge in [-0.25, -0.2) is 9.97 Å². The van der Waals surface area contributed by atoms with Crippen LogP contribution in [0.5, 0.6) is 0 Å². The number of para-hydroxylation sites is 3. The van der Waals surface area contributed by atoms with E-state index in [1.54, 1.807) is 4.52 Å². The molecule has 0 aliphatic carbocycles. The van der Waals surface area contributed by atoms with Gasteiger partial charge in [-0.05, 0) is 24.3 Å². The number of rotatable bonds is 4. The fourth-order valence-electron chi connectivity index (χ4n) is 3.69. The zero-order valence-corrected chi connectivity index (χ0v) is 17.6. The van der Waals surface area contributed by atoms with Crippen molar-refractivity contribution in [1.82, 2.24) is 29.5 Å². The van der Waals surface area contributed by atoms with Crippen LogP contribution >= 0.6 is 11.8 Å². The zero-order valence-electron chi connectivity index (χ0n) is 16.8. The Hall–Kier alpha value is -4.04. The van der Waals surface area contributed by atoms with Crippen LogP contribution in [0, 0.1) is 0 Å². The number of nitrogens with one attached hydrogen (secondary N) is 1. The third-order valence-corrected chi connectivity index (χ3v) is 6.07. The van der Waals surface area contributed by atoms with Crippen LogP contribution in [0.2, 0.25) is 0 Å². The number of hydrogen-bond donors (Lipinski definition) is 1. The zero-order chi connectivity index (χ0) is 21.5. The maximum Gasteiger partial charge on any atom is 0.300 e. The van der Waals surface area contributed by atoms with Gasteiger partial charge in [-0.1, -0.05) is 66.4 Å². The van der Waals surface area contributed by atoms with Crippen molar-refractivity contribution in [2.45, 2.75) is 10.9 Å². The summed E-state index contributed by atoms with van der Waals surface area (Å²) < 4.78 is 1.68. The second-order valence-electron chi connectivity index (χ2n) is 7.26. The Morgan fingerprint density at radius 1 is 0.812 bits per heavy atom. The minimum absolute atomic E-state index is 0.301. The van der Waals surface area contributed by atoms with Crippen LogP contribution in [0.15, 0.2) is 88.8 Å². The van der Waals surface area contributed by atoms with Crippen molar-refractivity contribution < 1.29 is 0 Å². The molecule has 6 rings (SSSR count). The number of aromatic nitrogens is 6. The highest BCUT2D eigenvalue weighted by atomic mass is 32.2. The predicted octanol–water partition coefficient (Wildman–Crippen LogP) is 4.47. The molecule has 0 bridgehead atoms. The number of thioether (sulfide) groups is 1. The molecule has 0 spiro atoms. The Bertz CT molecular complexity index is 1630. The summed E-state index contributed by atoms with van der Waals surface area (Å²) in [6.07, 6.45) is 0. The number of fused-ring (bicyclic) bond motifs is 4. The van der Waals surface area contributed by atoms with E-state index < -0.39 is 0 Å². The van der Waals surface area contributed by atoms with Crippen LogP contribution in [0.3, 0.4) is 0 Å². The van der Waals surface area contributed by atoms with E-state index in [-0.39, 0.29) is 5.56 Å². The van der Waals surface area contributed by atoms with Crippen LogP contribution in [-0.4, -0.2) is 29.5 Å². The third-order valence-electron chi connectivity index (χ3n) is 5.20. The Morgan fingerprint density at radius 2 is 1.56 bits per heavy atom. The molecule has 32 heavy (non-hydrogen) atoms. The van der Waals surface area contributed by atoms with Gasteiger partial charge in [-0.15, -0.1) is 0 Å². The number of imidazole rings is 1. The van der Waals surface area contributed by atoms with Gasteiger partial charge >= 0.3 is 0 Å². The highest BCUT2D eigenvalue weighted by molar-refractivity contribution is 7.98. The first-order valence-electron chi connectivity index (χ1n) is 10.1. The summed E-state index contributed by atoms with van der Waals surface area (Å²) in [6.45, 7) is 0. The van der Waals surface area contributed by atoms with E-state index in [0.29, 0.717) is 22.9 Å². The Balaban J connectivity index is 1.50. The summed E-state index contributed by atoms with van der Waals surface area (Å²) in [4.78, 5) is 30.0. The molecule has 154 valence electrons. The van der Waals surface area contributed by atoms with E-state index in [9.17, 15) is 4.79 Å². The molecule has 0 saturated carbocycles. The standard InChI is InChI=1S/C24H16N6OS/c31-23-21(15-8-2-1-3-9-15)29-30-20(25-17-11-5-4-10-16(17)22(30)28-23)14-32-24-26-18-12-6-7-13-19(18)27-24/h1-13H,14H2,(H,26,27). The van der Waals surface area contributed by atoms with Crippen molar-refractivity contribution in [2.24, 2.45) is 0 Å². The van der Waals surface area contributed by atoms with E-state index >= 15 is 0 Å². The summed E-state index contributed by atoms with van der Waals surface area (Å²) in [5.41, 5.74) is 3.85. The van der Waals surface area contributed by atoms with Gasteiger partial charge < -0.3 is 4.98 Å². The lowest BCUT2D eigenvalue weighted by atomic mass is 10.2. The molecule has 0 aliphatic rings. The molecule has 0 radical (unpaired) electrons. The van der Waals surface area contributed by atoms with Crippen molar-refractivity contribution in [3.05, 3.63) is 95.0 Å². The molecule has 6 aromatic rings. The molecule has 3 heterocycles. The highest BCUT2D eigenvalue weighted by Gasteiger charge is 2.15. The SMILES string of the molecule is O=c1nc2c3ccccc3nc(CSc3nc4ccccc4[nH]3)n2nc1-c1ccccc1. The fourth-order valence-corrected chi connectivity index (χ4v) is 4.49. The monoisotopic (exact) mass is 436 g/mol. The number of nitrogens with zero attached hydrogens (tertiary/aromatic N) is 5. The van der Waals surface area contributed by atoms with Gasteiger partial charge in [0.15, 0.2) is 16.5 Å². The minimum Gasteiger partial charge on any atom is -0.333 e. The molecular formula is C24H16N6OS. The first-order chi connectivity index (χ1) is 15.8. The van der Waals surface area contributed by atoms with E-state index in [1.165, 1.54) is 11.8 Å². The lowest BCUT2D eigenvalue weighted by Gasteiger charge is -2.10. The van der Waals surface area contributed by atoms with Crippen molar-refractivity contribution in [2.75, 3.05) is 0 Å². The summed E-state index contributed by atoms with van der Waals surface area (Å²) >= 11 is 1.53. The molecule has 0 unspecified atom stereocenters. The first kappa shape index (κ1) is 18.7. The largest absolute Gasteiger partial charge is 0.333 e. The quantitative estimate of drug-likeness (QED) is 0.324. The molecule has 8 heteroatoms. The predicted molar refractivity (Wildman–Crippen MR) is 126 cm³/mol. The van der Waals surface area contributed by atoms with Crippen LogP contribution in [0.4, 0.5) is 0 Å². The topological polar surface area (TPSA) is 88.8 Å². The first-order valence-corrected chi connectivity index (χ1v) is 11.1. The molecule has 3 aromatic carbocycles. The number of H-pyrrole nitrogens is 1. The normalized spacial score (nSPS) is 11.5. The van der Waals surface area contributed by atoms with Crippen LogP contribution in [-0.2, 0) is 5.75 Å². The summed E-state index contributed by atoms with van der Waals surface area (Å²) in [6, 6.07) is 24.9. The number of benzene rings is 3. The van der Waals surface area contributed by atoms with Gasteiger partial charge in [0.1, 0.15) is 5.82 Å². The van der Waals surface area contributed by atoms with Gasteiger partial charge in [0.2, 0.25) is 0 Å². The molecule has 3 aromatic heterocycles. The van der Waals surface area contributed by atoms with E-state index in [2.05, 4.69) is 20.1 Å². The van der Waals surface area contributed by atoms with Crippen LogP contribution in [0.1, 0.15) is 5.82 Å². The molecule has 1 N–H and O–H groups in total. The molecule has 0 fully saturated rings. The fraction of sp³-hybridized carbons (Fsp3) is 0.0417. The van der Waals surface area contributed by atoms with Crippen molar-refractivity contribution in [3.8, 4) is 11.3 Å². The van der Waals surface area contributed by atoms with E-state index in [0.717, 1.165) is 32.7 Å². The van der Waals surface area contributed by atoms with Crippen LogP contribution in [0.25, 0.3) is 38.8 Å². The summed E-state index contributed by atoms with van der Waals surface area (Å²) in [5.74, 6) is 1.20. The van der Waals surface area contributed by atoms with Crippen molar-refractivity contribution in [3.63, 3.8) is 0 Å². The molecule has 0 aliphatic heterocycles. The number of aromatic amines is 1. The molecule has 0 amide bonds. The van der Waals surface area contributed by atoms with Crippen molar-refractivity contribution in [1.29, 1.82) is 0 Å². The third kappa shape index (κ3) is 3.21. The van der Waals surface area contributed by atoms with Gasteiger partial charge in [0, 0.05) is 10.9 Å². The molecule has 7 nitrogen and oxygen atoms in total. The van der Waals surface area contributed by atoms with Gasteiger partial charge in [-0.2, -0.15) is 14.6 Å². The molecule has 0 atom stereocenters. The minimum atomic E-state index is -0.358. The molecular weight excluding hydrogens is 420 g/mol. The number of hydrogen-bond acceptors (Lipinski definition) is 6. The second-order valence-corrected chi connectivity index (χ2v) is 8.22. The van der Waals surface area contributed by atoms with Crippen molar-refractivity contribution >= 4 is 39.3 Å². The van der Waals surface area contributed by atoms with Gasteiger partial charge in [0.25, 0.3) is 5.56 Å². The van der Waals surface area contributed by atoms with E-state index in [1.807, 2.05) is 78.9 Å². The molecule has 0 saturated heterocycles. The second kappa shape index (κ2) is 7.58. The maximum absolute atomic E-state index is 12.8. The lowest BCUT2D eigenvalue weighted by molar-refractivity contribution is 0.820. The van der Waals surface area contributed by atoms with E-state index in [4.69, 9.17) is 4.98 Å². The average molecular weight is 437 g/mol. The Morgan fingerprint density at radius 3 is 2.41 bits per heavy atom. The average Bonchev–Trinajstić information content (AvgIpc) is 3.26.